The summed E-state index contributed by atoms with van der Waals surface area (Å²) in [6.45, 7) is 3.50. The Morgan fingerprint density at radius 3 is 2.56 bits per heavy atom. The Balaban J connectivity index is 2.90. The summed E-state index contributed by atoms with van der Waals surface area (Å²) in [5.74, 6) is 0. The molecule has 1 rings (SSSR count). The highest BCUT2D eigenvalue weighted by Gasteiger charge is 2.16. The first-order chi connectivity index (χ1) is 4.11. The zero-order valence-corrected chi connectivity index (χ0v) is 6.27. The van der Waals surface area contributed by atoms with Crippen LogP contribution in [-0.4, -0.2) is 10.1 Å². The van der Waals surface area contributed by atoms with E-state index in [0.717, 1.165) is 4.88 Å². The molecular formula is C6H9NOS. The van der Waals surface area contributed by atoms with Gasteiger partial charge in [-0.25, -0.2) is 0 Å². The lowest BCUT2D eigenvalue weighted by Gasteiger charge is -2.12. The fraction of sp³-hybridized carbons (Fsp3) is 0.500. The summed E-state index contributed by atoms with van der Waals surface area (Å²) in [6.07, 6.45) is 1.69. The molecule has 1 aromatic rings. The summed E-state index contributed by atoms with van der Waals surface area (Å²) in [7, 11) is 0. The molecule has 1 N–H and O–H groups in total. The Labute approximate surface area is 58.2 Å². The highest BCUT2D eigenvalue weighted by atomic mass is 32.1. The normalized spacial score (nSPS) is 11.9. The molecule has 0 saturated heterocycles. The van der Waals surface area contributed by atoms with Crippen molar-refractivity contribution in [3.63, 3.8) is 0 Å². The summed E-state index contributed by atoms with van der Waals surface area (Å²) in [5.41, 5.74) is 0.995. The summed E-state index contributed by atoms with van der Waals surface area (Å²) in [4.78, 5) is 4.75. The molecule has 9 heavy (non-hydrogen) atoms. The third-order valence-electron chi connectivity index (χ3n) is 1.04. The molecule has 3 heteroatoms. The molecule has 0 amide bonds. The number of nitrogens with zero attached hydrogens (tertiary/aromatic N) is 1. The maximum Gasteiger partial charge on any atom is 0.0948 e. The van der Waals surface area contributed by atoms with Gasteiger partial charge in [-0.05, 0) is 13.8 Å². The smallest absolute Gasteiger partial charge is 0.0948 e. The second-order valence-corrected chi connectivity index (χ2v) is 3.31. The molecule has 0 atom stereocenters. The van der Waals surface area contributed by atoms with Gasteiger partial charge in [-0.2, -0.15) is 0 Å². The quantitative estimate of drug-likeness (QED) is 0.644. The maximum absolute atomic E-state index is 9.35. The molecule has 0 aliphatic heterocycles. The van der Waals surface area contributed by atoms with Gasteiger partial charge in [-0.15, -0.1) is 11.3 Å². The minimum atomic E-state index is -0.721. The summed E-state index contributed by atoms with van der Waals surface area (Å²) >= 11 is 1.47. The van der Waals surface area contributed by atoms with Crippen LogP contribution in [0.1, 0.15) is 18.7 Å². The van der Waals surface area contributed by atoms with Gasteiger partial charge >= 0.3 is 0 Å². The highest BCUT2D eigenvalue weighted by molar-refractivity contribution is 7.09. The van der Waals surface area contributed by atoms with E-state index < -0.39 is 5.60 Å². The van der Waals surface area contributed by atoms with E-state index in [1.165, 1.54) is 11.3 Å². The van der Waals surface area contributed by atoms with Gasteiger partial charge in [0.2, 0.25) is 0 Å². The minimum Gasteiger partial charge on any atom is -0.385 e. The molecule has 0 aliphatic carbocycles. The van der Waals surface area contributed by atoms with Crippen LogP contribution in [0.5, 0.6) is 0 Å². The van der Waals surface area contributed by atoms with Crippen LogP contribution in [0.15, 0.2) is 11.7 Å². The van der Waals surface area contributed by atoms with Crippen molar-refractivity contribution in [1.82, 2.24) is 4.98 Å². The Hall–Kier alpha value is -0.410. The van der Waals surface area contributed by atoms with E-state index in [0.29, 0.717) is 0 Å². The topological polar surface area (TPSA) is 33.1 Å². The number of thiazole rings is 1. The zero-order valence-electron chi connectivity index (χ0n) is 5.46. The van der Waals surface area contributed by atoms with Gasteiger partial charge in [0.1, 0.15) is 0 Å². The van der Waals surface area contributed by atoms with Gasteiger partial charge in [0, 0.05) is 6.20 Å². The zero-order chi connectivity index (χ0) is 6.91. The first kappa shape index (κ1) is 6.71. The SMILES string of the molecule is CC(C)(O)c1cncs1. The van der Waals surface area contributed by atoms with Crippen LogP contribution in [-0.2, 0) is 5.60 Å². The fourth-order valence-electron chi connectivity index (χ4n) is 0.518. The lowest BCUT2D eigenvalue weighted by molar-refractivity contribution is 0.0823. The molecule has 0 spiro atoms. The molecule has 0 aromatic carbocycles. The van der Waals surface area contributed by atoms with E-state index in [9.17, 15) is 5.11 Å². The van der Waals surface area contributed by atoms with Gasteiger partial charge in [0.05, 0.1) is 16.0 Å². The van der Waals surface area contributed by atoms with Crippen molar-refractivity contribution in [2.75, 3.05) is 0 Å². The van der Waals surface area contributed by atoms with Gasteiger partial charge in [-0.1, -0.05) is 0 Å². The first-order valence-electron chi connectivity index (χ1n) is 2.72. The number of aromatic nitrogens is 1. The minimum absolute atomic E-state index is 0.721. The van der Waals surface area contributed by atoms with E-state index in [2.05, 4.69) is 4.98 Å². The van der Waals surface area contributed by atoms with Gasteiger partial charge in [0.15, 0.2) is 0 Å². The Morgan fingerprint density at radius 2 is 2.33 bits per heavy atom. The fourth-order valence-corrected chi connectivity index (χ4v) is 1.16. The summed E-state index contributed by atoms with van der Waals surface area (Å²) < 4.78 is 0. The predicted octanol–water partition coefficient (Wildman–Crippen LogP) is 1.37. The molecular weight excluding hydrogens is 134 g/mol. The average Bonchev–Trinajstić information content (AvgIpc) is 2.08. The Morgan fingerprint density at radius 1 is 1.67 bits per heavy atom. The van der Waals surface area contributed by atoms with E-state index in [1.54, 1.807) is 25.6 Å². The molecule has 1 heterocycles. The predicted molar refractivity (Wildman–Crippen MR) is 37.4 cm³/mol. The number of hydrogen-bond donors (Lipinski definition) is 1. The van der Waals surface area contributed by atoms with Crippen LogP contribution in [0, 0.1) is 0 Å². The van der Waals surface area contributed by atoms with E-state index in [-0.39, 0.29) is 0 Å². The lowest BCUT2D eigenvalue weighted by Crippen LogP contribution is -2.12. The van der Waals surface area contributed by atoms with E-state index in [1.807, 2.05) is 0 Å². The molecule has 0 unspecified atom stereocenters. The monoisotopic (exact) mass is 143 g/mol. The largest absolute Gasteiger partial charge is 0.385 e. The van der Waals surface area contributed by atoms with Crippen LogP contribution in [0.4, 0.5) is 0 Å². The van der Waals surface area contributed by atoms with Crippen molar-refractivity contribution < 1.29 is 5.11 Å². The van der Waals surface area contributed by atoms with Crippen molar-refractivity contribution >= 4 is 11.3 Å². The standard InChI is InChI=1S/C6H9NOS/c1-6(2,8)5-3-7-4-9-5/h3-4,8H,1-2H3. The van der Waals surface area contributed by atoms with Crippen molar-refractivity contribution in [3.05, 3.63) is 16.6 Å². The van der Waals surface area contributed by atoms with Crippen molar-refractivity contribution in [2.45, 2.75) is 19.4 Å². The van der Waals surface area contributed by atoms with Gasteiger partial charge in [0.25, 0.3) is 0 Å². The van der Waals surface area contributed by atoms with Crippen molar-refractivity contribution in [3.8, 4) is 0 Å². The molecule has 2 nitrogen and oxygen atoms in total. The molecule has 1 aromatic heterocycles. The summed E-state index contributed by atoms with van der Waals surface area (Å²) in [5, 5.41) is 9.35. The molecule has 0 radical (unpaired) electrons. The van der Waals surface area contributed by atoms with Gasteiger partial charge < -0.3 is 5.11 Å². The van der Waals surface area contributed by atoms with Crippen LogP contribution < -0.4 is 0 Å². The van der Waals surface area contributed by atoms with Crippen LogP contribution in [0.25, 0.3) is 0 Å². The molecule has 50 valence electrons. The van der Waals surface area contributed by atoms with Crippen LogP contribution in [0.2, 0.25) is 0 Å². The second kappa shape index (κ2) is 2.08. The van der Waals surface area contributed by atoms with Crippen LogP contribution >= 0.6 is 11.3 Å². The molecule has 0 aliphatic rings. The molecule has 0 saturated carbocycles. The second-order valence-electron chi connectivity index (χ2n) is 2.42. The number of aliphatic hydroxyl groups is 1. The Bertz CT molecular complexity index is 175. The maximum atomic E-state index is 9.35. The molecule has 0 bridgehead atoms. The van der Waals surface area contributed by atoms with Gasteiger partial charge in [-0.3, -0.25) is 4.98 Å². The third kappa shape index (κ3) is 1.50. The average molecular weight is 143 g/mol. The molecule has 0 fully saturated rings. The third-order valence-corrected chi connectivity index (χ3v) is 2.12. The van der Waals surface area contributed by atoms with Crippen molar-refractivity contribution in [1.29, 1.82) is 0 Å². The van der Waals surface area contributed by atoms with E-state index >= 15 is 0 Å². The van der Waals surface area contributed by atoms with E-state index in [4.69, 9.17) is 0 Å². The first-order valence-corrected chi connectivity index (χ1v) is 3.60. The highest BCUT2D eigenvalue weighted by Crippen LogP contribution is 2.22. The lowest BCUT2D eigenvalue weighted by atomic mass is 10.1. The number of rotatable bonds is 1. The number of hydrogen-bond acceptors (Lipinski definition) is 3. The summed E-state index contributed by atoms with van der Waals surface area (Å²) in [6, 6.07) is 0. The Kier molecular flexibility index (Phi) is 1.55. The van der Waals surface area contributed by atoms with Crippen LogP contribution in [0.3, 0.4) is 0 Å². The van der Waals surface area contributed by atoms with Crippen molar-refractivity contribution in [2.24, 2.45) is 0 Å².